The Morgan fingerprint density at radius 2 is 2.08 bits per heavy atom. The van der Waals surface area contributed by atoms with E-state index in [1.54, 1.807) is 24.4 Å². The van der Waals surface area contributed by atoms with Gasteiger partial charge in [-0.15, -0.1) is 6.58 Å². The summed E-state index contributed by atoms with van der Waals surface area (Å²) in [6.07, 6.45) is 8.10. The van der Waals surface area contributed by atoms with Gasteiger partial charge in [0.2, 0.25) is 5.24 Å². The first-order valence-corrected chi connectivity index (χ1v) is 8.82. The van der Waals surface area contributed by atoms with E-state index in [4.69, 9.17) is 11.6 Å². The molecule has 0 N–H and O–H groups in total. The molecule has 0 spiro atoms. The summed E-state index contributed by atoms with van der Waals surface area (Å²) in [5, 5.41) is 0.645. The summed E-state index contributed by atoms with van der Waals surface area (Å²) in [5.74, 6) is 0.332. The lowest BCUT2D eigenvalue weighted by molar-refractivity contribution is -0.117. The summed E-state index contributed by atoms with van der Waals surface area (Å²) >= 11 is 5.77. The predicted molar refractivity (Wildman–Crippen MR) is 95.6 cm³/mol. The topological polar surface area (TPSA) is 30.0 Å². The molecule has 1 aliphatic rings. The zero-order chi connectivity index (χ0) is 17.1. The van der Waals surface area contributed by atoms with Crippen molar-refractivity contribution in [3.8, 4) is 0 Å². The molecule has 1 atom stereocenters. The third kappa shape index (κ3) is 3.51. The van der Waals surface area contributed by atoms with Gasteiger partial charge in [0.1, 0.15) is 5.82 Å². The lowest BCUT2D eigenvalue weighted by atomic mass is 9.73. The second-order valence-electron chi connectivity index (χ2n) is 6.61. The zero-order valence-corrected chi connectivity index (χ0v) is 14.3. The Bertz CT molecular complexity index is 752. The molecule has 0 radical (unpaired) electrons. The number of halogens is 2. The number of benzene rings is 1. The average molecular weight is 346 g/mol. The molecule has 1 heterocycles. The van der Waals surface area contributed by atoms with Crippen molar-refractivity contribution in [2.75, 3.05) is 0 Å². The van der Waals surface area contributed by atoms with Gasteiger partial charge < -0.3 is 0 Å². The molecule has 2 nitrogen and oxygen atoms in total. The van der Waals surface area contributed by atoms with E-state index in [1.165, 1.54) is 6.07 Å². The van der Waals surface area contributed by atoms with Crippen molar-refractivity contribution in [1.82, 2.24) is 4.98 Å². The Hall–Kier alpha value is -1.74. The molecule has 0 unspecified atom stereocenters. The number of rotatable bonds is 5. The maximum Gasteiger partial charge on any atom is 0.225 e. The number of pyridine rings is 1. The minimum absolute atomic E-state index is 0.128. The van der Waals surface area contributed by atoms with Crippen LogP contribution in [0.2, 0.25) is 0 Å². The molecule has 0 saturated heterocycles. The van der Waals surface area contributed by atoms with E-state index in [0.29, 0.717) is 18.3 Å². The maximum atomic E-state index is 13.6. The second kappa shape index (κ2) is 7.43. The minimum atomic E-state index is -0.255. The SMILES string of the molecule is C=CC[C@@H](C(=O)Cl)C1CCC(c2ccnc3ccc(F)cc23)CC1. The Morgan fingerprint density at radius 3 is 2.75 bits per heavy atom. The third-order valence-electron chi connectivity index (χ3n) is 5.23. The summed E-state index contributed by atoms with van der Waals surface area (Å²) in [5.41, 5.74) is 1.99. The van der Waals surface area contributed by atoms with Crippen molar-refractivity contribution in [1.29, 1.82) is 0 Å². The van der Waals surface area contributed by atoms with Crippen LogP contribution in [0.5, 0.6) is 0 Å². The molecular weight excluding hydrogens is 325 g/mol. The molecule has 1 aromatic carbocycles. The highest BCUT2D eigenvalue weighted by molar-refractivity contribution is 6.64. The van der Waals surface area contributed by atoms with E-state index in [9.17, 15) is 9.18 Å². The van der Waals surface area contributed by atoms with Gasteiger partial charge in [0.05, 0.1) is 5.52 Å². The quantitative estimate of drug-likeness (QED) is 0.521. The number of carbonyl (C=O) groups excluding carboxylic acids is 1. The van der Waals surface area contributed by atoms with Crippen LogP contribution < -0.4 is 0 Å². The smallest absolute Gasteiger partial charge is 0.225 e. The van der Waals surface area contributed by atoms with Crippen molar-refractivity contribution in [3.63, 3.8) is 0 Å². The van der Waals surface area contributed by atoms with Gasteiger partial charge in [0, 0.05) is 17.5 Å². The van der Waals surface area contributed by atoms with E-state index in [2.05, 4.69) is 11.6 Å². The molecule has 1 aliphatic carbocycles. The fourth-order valence-electron chi connectivity index (χ4n) is 3.98. The number of nitrogens with zero attached hydrogens (tertiary/aromatic N) is 1. The van der Waals surface area contributed by atoms with Gasteiger partial charge in [-0.2, -0.15) is 0 Å². The third-order valence-corrected chi connectivity index (χ3v) is 5.51. The highest BCUT2D eigenvalue weighted by Crippen LogP contribution is 2.42. The van der Waals surface area contributed by atoms with Crippen molar-refractivity contribution in [2.45, 2.75) is 38.0 Å². The van der Waals surface area contributed by atoms with E-state index in [1.807, 2.05) is 6.07 Å². The molecule has 126 valence electrons. The van der Waals surface area contributed by atoms with Crippen molar-refractivity contribution in [2.24, 2.45) is 11.8 Å². The molecule has 4 heteroatoms. The first-order chi connectivity index (χ1) is 11.6. The summed E-state index contributed by atoms with van der Waals surface area (Å²) in [7, 11) is 0. The van der Waals surface area contributed by atoms with Crippen LogP contribution in [0.1, 0.15) is 43.6 Å². The molecule has 24 heavy (non-hydrogen) atoms. The summed E-state index contributed by atoms with van der Waals surface area (Å²) in [6.45, 7) is 3.73. The van der Waals surface area contributed by atoms with Crippen LogP contribution in [0.15, 0.2) is 43.1 Å². The molecule has 0 aliphatic heterocycles. The molecule has 1 fully saturated rings. The zero-order valence-electron chi connectivity index (χ0n) is 13.6. The standard InChI is InChI=1S/C20H21ClFNO/c1-2-3-17(20(21)24)14-6-4-13(5-7-14)16-10-11-23-19-9-8-15(22)12-18(16)19/h2,8-14,17H,1,3-7H2/t13?,14?,17-/m1/s1. The predicted octanol–water partition coefficient (Wildman–Crippen LogP) is 5.61. The second-order valence-corrected chi connectivity index (χ2v) is 6.98. The van der Waals surface area contributed by atoms with Gasteiger partial charge in [-0.1, -0.05) is 6.08 Å². The largest absolute Gasteiger partial charge is 0.281 e. The molecule has 1 saturated carbocycles. The molecule has 0 bridgehead atoms. The van der Waals surface area contributed by atoms with Crippen molar-refractivity contribution in [3.05, 3.63) is 54.5 Å². The van der Waals surface area contributed by atoms with Crippen LogP contribution in [0.3, 0.4) is 0 Å². The van der Waals surface area contributed by atoms with Crippen LogP contribution in [0.25, 0.3) is 10.9 Å². The fraction of sp³-hybridized carbons (Fsp3) is 0.400. The molecule has 0 amide bonds. The first-order valence-electron chi connectivity index (χ1n) is 8.44. The van der Waals surface area contributed by atoms with Gasteiger partial charge in [0.25, 0.3) is 0 Å². The lowest BCUT2D eigenvalue weighted by Crippen LogP contribution is -2.24. The monoisotopic (exact) mass is 345 g/mol. The number of aromatic nitrogens is 1. The van der Waals surface area contributed by atoms with Gasteiger partial charge in [-0.05, 0) is 85.4 Å². The average Bonchev–Trinajstić information content (AvgIpc) is 2.59. The Morgan fingerprint density at radius 1 is 1.33 bits per heavy atom. The highest BCUT2D eigenvalue weighted by Gasteiger charge is 2.31. The number of fused-ring (bicyclic) bond motifs is 1. The van der Waals surface area contributed by atoms with Crippen LogP contribution >= 0.6 is 11.6 Å². The highest BCUT2D eigenvalue weighted by atomic mass is 35.5. The molecular formula is C20H21ClFNO. The van der Waals surface area contributed by atoms with Crippen molar-refractivity contribution < 1.29 is 9.18 Å². The van der Waals surface area contributed by atoms with E-state index in [0.717, 1.165) is 42.1 Å². The van der Waals surface area contributed by atoms with E-state index >= 15 is 0 Å². The lowest BCUT2D eigenvalue weighted by Gasteiger charge is -2.32. The first kappa shape index (κ1) is 17.1. The van der Waals surface area contributed by atoms with Gasteiger partial charge in [0.15, 0.2) is 0 Å². The maximum absolute atomic E-state index is 13.6. The Balaban J connectivity index is 1.79. The minimum Gasteiger partial charge on any atom is -0.281 e. The number of hydrogen-bond acceptors (Lipinski definition) is 2. The van der Waals surface area contributed by atoms with Gasteiger partial charge >= 0.3 is 0 Å². The van der Waals surface area contributed by atoms with E-state index < -0.39 is 0 Å². The van der Waals surface area contributed by atoms with Crippen LogP contribution in [-0.2, 0) is 4.79 Å². The molecule has 2 aromatic rings. The summed E-state index contributed by atoms with van der Waals surface area (Å²) < 4.78 is 13.6. The van der Waals surface area contributed by atoms with Crippen LogP contribution in [0, 0.1) is 17.7 Å². The number of hydrogen-bond donors (Lipinski definition) is 0. The van der Waals surface area contributed by atoms with Crippen LogP contribution in [0.4, 0.5) is 4.39 Å². The molecule has 3 rings (SSSR count). The van der Waals surface area contributed by atoms with E-state index in [-0.39, 0.29) is 17.0 Å². The van der Waals surface area contributed by atoms with Crippen molar-refractivity contribution >= 4 is 27.7 Å². The normalized spacial score (nSPS) is 22.2. The Kier molecular flexibility index (Phi) is 5.30. The van der Waals surface area contributed by atoms with Gasteiger partial charge in [-0.25, -0.2) is 4.39 Å². The van der Waals surface area contributed by atoms with Crippen LogP contribution in [-0.4, -0.2) is 10.2 Å². The number of carbonyl (C=O) groups is 1. The number of allylic oxidation sites excluding steroid dienone is 1. The molecule has 1 aromatic heterocycles. The summed E-state index contributed by atoms with van der Waals surface area (Å²) in [6, 6.07) is 6.75. The summed E-state index contributed by atoms with van der Waals surface area (Å²) in [4.78, 5) is 16.0. The fourth-order valence-corrected chi connectivity index (χ4v) is 4.25. The Labute approximate surface area is 146 Å². The van der Waals surface area contributed by atoms with Gasteiger partial charge in [-0.3, -0.25) is 9.78 Å².